The molecule has 0 aliphatic carbocycles. The van der Waals surface area contributed by atoms with Crippen molar-refractivity contribution in [1.29, 1.82) is 0 Å². The van der Waals surface area contributed by atoms with Gasteiger partial charge in [0, 0.05) is 42.9 Å². The Hall–Kier alpha value is -4.71. The summed E-state index contributed by atoms with van der Waals surface area (Å²) in [7, 11) is 0. The topological polar surface area (TPSA) is 101 Å². The number of halogens is 1. The van der Waals surface area contributed by atoms with Gasteiger partial charge in [-0.25, -0.2) is 18.7 Å². The Labute approximate surface area is 265 Å². The fraction of sp³-hybridized carbons (Fsp3) is 0.412. The maximum Gasteiger partial charge on any atom is 0.410 e. The average molecular weight is 628 g/mol. The van der Waals surface area contributed by atoms with E-state index in [9.17, 15) is 14.0 Å². The standard InChI is InChI=1S/C34H38FN7O4/c1-20-15-26(16-21(2)30(20)35)42-31(29-22(3)38(11-9-27(29)37-42)33(44)46-34(4,5)6)40-13-12-39(32(40)43)24-7-8-28-23(17-24)18-36-41(28)25-10-14-45-19-25/h7-8,12-13,15-18,22,25H,9-11,14,19H2,1-6H3/t22-,25+/m0/s1. The molecule has 0 spiro atoms. The van der Waals surface area contributed by atoms with Crippen LogP contribution in [0, 0.1) is 19.7 Å². The Morgan fingerprint density at radius 2 is 1.80 bits per heavy atom. The molecular weight excluding hydrogens is 589 g/mol. The number of rotatable bonds is 4. The van der Waals surface area contributed by atoms with E-state index in [2.05, 4.69) is 5.10 Å². The molecule has 1 saturated heterocycles. The number of ether oxygens (including phenoxy) is 2. The van der Waals surface area contributed by atoms with E-state index in [-0.39, 0.29) is 17.5 Å². The molecule has 5 aromatic rings. The highest BCUT2D eigenvalue weighted by molar-refractivity contribution is 5.81. The first-order valence-corrected chi connectivity index (χ1v) is 15.7. The lowest BCUT2D eigenvalue weighted by molar-refractivity contribution is 0.0159. The summed E-state index contributed by atoms with van der Waals surface area (Å²) in [6, 6.07) is 9.05. The lowest BCUT2D eigenvalue weighted by Gasteiger charge is -2.34. The number of carbonyl (C=O) groups is 1. The molecule has 0 N–H and O–H groups in total. The largest absolute Gasteiger partial charge is 0.444 e. The van der Waals surface area contributed by atoms with Crippen molar-refractivity contribution in [1.82, 2.24) is 33.6 Å². The predicted molar refractivity (Wildman–Crippen MR) is 171 cm³/mol. The summed E-state index contributed by atoms with van der Waals surface area (Å²) >= 11 is 0. The van der Waals surface area contributed by atoms with Crippen LogP contribution in [-0.4, -0.2) is 65.0 Å². The van der Waals surface area contributed by atoms with Crippen molar-refractivity contribution >= 4 is 17.0 Å². The third-order valence-electron chi connectivity index (χ3n) is 8.86. The lowest BCUT2D eigenvalue weighted by Crippen LogP contribution is -2.42. The van der Waals surface area contributed by atoms with E-state index in [1.54, 1.807) is 57.1 Å². The van der Waals surface area contributed by atoms with Gasteiger partial charge in [0.25, 0.3) is 0 Å². The molecule has 1 amide bonds. The minimum absolute atomic E-state index is 0.194. The van der Waals surface area contributed by atoms with E-state index in [0.29, 0.717) is 47.9 Å². The maximum absolute atomic E-state index is 14.7. The van der Waals surface area contributed by atoms with Crippen LogP contribution in [0.15, 0.2) is 53.7 Å². The maximum atomic E-state index is 14.7. The molecule has 3 aromatic heterocycles. The van der Waals surface area contributed by atoms with E-state index >= 15 is 0 Å². The van der Waals surface area contributed by atoms with Gasteiger partial charge in [0.2, 0.25) is 0 Å². The number of hydrogen-bond donors (Lipinski definition) is 0. The Bertz CT molecular complexity index is 2020. The van der Waals surface area contributed by atoms with E-state index in [1.165, 1.54) is 0 Å². The second-order valence-corrected chi connectivity index (χ2v) is 13.3. The zero-order valence-electron chi connectivity index (χ0n) is 27.0. The summed E-state index contributed by atoms with van der Waals surface area (Å²) in [5, 5.41) is 10.5. The highest BCUT2D eigenvalue weighted by Crippen LogP contribution is 2.36. The van der Waals surface area contributed by atoms with Crippen LogP contribution in [0.3, 0.4) is 0 Å². The van der Waals surface area contributed by atoms with Crippen LogP contribution in [0.5, 0.6) is 0 Å². The van der Waals surface area contributed by atoms with Gasteiger partial charge in [0.1, 0.15) is 17.2 Å². The highest BCUT2D eigenvalue weighted by Gasteiger charge is 2.37. The fourth-order valence-electron chi connectivity index (χ4n) is 6.61. The molecule has 0 unspecified atom stereocenters. The van der Waals surface area contributed by atoms with Crippen LogP contribution in [0.4, 0.5) is 9.18 Å². The Morgan fingerprint density at radius 1 is 1.07 bits per heavy atom. The first kappa shape index (κ1) is 30.0. The van der Waals surface area contributed by atoms with Gasteiger partial charge in [-0.05, 0) is 89.4 Å². The van der Waals surface area contributed by atoms with Crippen LogP contribution < -0.4 is 5.69 Å². The van der Waals surface area contributed by atoms with Crippen molar-refractivity contribution in [2.75, 3.05) is 19.8 Å². The van der Waals surface area contributed by atoms with Crippen LogP contribution in [0.2, 0.25) is 0 Å². The second kappa shape index (κ2) is 11.0. The molecule has 2 aliphatic heterocycles. The zero-order valence-corrected chi connectivity index (χ0v) is 27.0. The monoisotopic (exact) mass is 627 g/mol. The fourth-order valence-corrected chi connectivity index (χ4v) is 6.61. The summed E-state index contributed by atoms with van der Waals surface area (Å²) in [4.78, 5) is 29.2. The van der Waals surface area contributed by atoms with Crippen molar-refractivity contribution in [3.8, 4) is 17.2 Å². The minimum Gasteiger partial charge on any atom is -0.444 e. The zero-order chi connectivity index (χ0) is 32.5. The predicted octanol–water partition coefficient (Wildman–Crippen LogP) is 5.74. The summed E-state index contributed by atoms with van der Waals surface area (Å²) in [6.45, 7) is 12.6. The van der Waals surface area contributed by atoms with Crippen LogP contribution in [0.1, 0.15) is 68.6 Å². The quantitative estimate of drug-likeness (QED) is 0.252. The molecule has 2 atom stereocenters. The molecule has 0 radical (unpaired) electrons. The number of aromatic nitrogens is 6. The van der Waals surface area contributed by atoms with Crippen molar-refractivity contribution in [2.45, 2.75) is 72.1 Å². The van der Waals surface area contributed by atoms with Crippen LogP contribution in [-0.2, 0) is 15.9 Å². The van der Waals surface area contributed by atoms with Gasteiger partial charge >= 0.3 is 11.8 Å². The number of imidazole rings is 1. The molecule has 2 aromatic carbocycles. The number of aryl methyl sites for hydroxylation is 2. The number of nitrogens with zero attached hydrogens (tertiary/aromatic N) is 7. The van der Waals surface area contributed by atoms with E-state index in [0.717, 1.165) is 35.2 Å². The van der Waals surface area contributed by atoms with Gasteiger partial charge in [0.15, 0.2) is 0 Å². The Kier molecular flexibility index (Phi) is 7.15. The molecule has 240 valence electrons. The molecule has 46 heavy (non-hydrogen) atoms. The van der Waals surface area contributed by atoms with Gasteiger partial charge in [0.05, 0.1) is 47.5 Å². The van der Waals surface area contributed by atoms with Crippen LogP contribution in [0.25, 0.3) is 28.1 Å². The van der Waals surface area contributed by atoms with E-state index in [4.69, 9.17) is 14.6 Å². The normalized spacial score (nSPS) is 18.4. The third kappa shape index (κ3) is 5.00. The SMILES string of the molecule is Cc1cc(-n2nc3c(c2-n2ccn(-c4ccc5c(cnn5[C@@H]5CCOC5)c4)c2=O)[C@H](C)N(C(=O)OC(C)(C)C)CC3)cc(C)c1F. The summed E-state index contributed by atoms with van der Waals surface area (Å²) < 4.78 is 32.8. The van der Waals surface area contributed by atoms with Gasteiger partial charge < -0.3 is 14.4 Å². The summed E-state index contributed by atoms with van der Waals surface area (Å²) in [6.07, 6.45) is 6.21. The second-order valence-electron chi connectivity index (χ2n) is 13.3. The molecule has 5 heterocycles. The smallest absolute Gasteiger partial charge is 0.410 e. The molecule has 0 bridgehead atoms. The van der Waals surface area contributed by atoms with Gasteiger partial charge in [-0.15, -0.1) is 0 Å². The van der Waals surface area contributed by atoms with E-state index in [1.807, 2.05) is 56.8 Å². The number of hydrogen-bond acceptors (Lipinski definition) is 6. The minimum atomic E-state index is -0.663. The van der Waals surface area contributed by atoms with Gasteiger partial charge in [-0.3, -0.25) is 13.8 Å². The molecule has 12 heteroatoms. The lowest BCUT2D eigenvalue weighted by atomic mass is 10.00. The third-order valence-corrected chi connectivity index (χ3v) is 8.86. The van der Waals surface area contributed by atoms with Crippen molar-refractivity contribution in [3.63, 3.8) is 0 Å². The van der Waals surface area contributed by atoms with Crippen molar-refractivity contribution in [2.24, 2.45) is 0 Å². The molecule has 0 saturated carbocycles. The number of amides is 1. The number of fused-ring (bicyclic) bond motifs is 2. The van der Waals surface area contributed by atoms with Crippen molar-refractivity contribution in [3.05, 3.63) is 87.6 Å². The summed E-state index contributed by atoms with van der Waals surface area (Å²) in [5.74, 6) is 0.217. The van der Waals surface area contributed by atoms with Crippen molar-refractivity contribution < 1.29 is 18.7 Å². The Morgan fingerprint density at radius 3 is 2.50 bits per heavy atom. The molecular formula is C34H38FN7O4. The van der Waals surface area contributed by atoms with Gasteiger partial charge in [-0.1, -0.05) is 0 Å². The summed E-state index contributed by atoms with van der Waals surface area (Å²) in [5.41, 5.74) is 3.79. The highest BCUT2D eigenvalue weighted by atomic mass is 19.1. The molecule has 1 fully saturated rings. The number of carbonyl (C=O) groups excluding carboxylic acids is 1. The van der Waals surface area contributed by atoms with Crippen LogP contribution >= 0.6 is 0 Å². The number of benzene rings is 2. The molecule has 11 nitrogen and oxygen atoms in total. The first-order valence-electron chi connectivity index (χ1n) is 15.7. The van der Waals surface area contributed by atoms with E-state index < -0.39 is 17.7 Å². The average Bonchev–Trinajstić information content (AvgIpc) is 3.80. The Balaban J connectivity index is 1.35. The molecule has 2 aliphatic rings. The first-order chi connectivity index (χ1) is 21.9. The molecule has 7 rings (SSSR count). The van der Waals surface area contributed by atoms with Gasteiger partial charge in [-0.2, -0.15) is 10.2 Å².